The summed E-state index contributed by atoms with van der Waals surface area (Å²) < 4.78 is 0. The molecule has 1 amide bonds. The van der Waals surface area contributed by atoms with Crippen LogP contribution >= 0.6 is 0 Å². The molecule has 86 valence electrons. The largest absolute Gasteiger partial charge is 0.342 e. The van der Waals surface area contributed by atoms with Gasteiger partial charge < -0.3 is 10.6 Å². The Morgan fingerprint density at radius 2 is 2.07 bits per heavy atom. The van der Waals surface area contributed by atoms with Crippen LogP contribution in [0.2, 0.25) is 0 Å². The number of nitrogens with zero attached hydrogens (tertiary/aromatic N) is 1. The number of likely N-dealkylation sites (tertiary alicyclic amines) is 1. The zero-order chi connectivity index (χ0) is 11.1. The van der Waals surface area contributed by atoms with Crippen molar-refractivity contribution in [2.45, 2.75) is 39.5 Å². The molecule has 1 aliphatic heterocycles. The molecular weight excluding hydrogens is 188 g/mol. The van der Waals surface area contributed by atoms with Crippen molar-refractivity contribution in [3.63, 3.8) is 0 Å². The predicted molar refractivity (Wildman–Crippen MR) is 60.3 cm³/mol. The van der Waals surface area contributed by atoms with Gasteiger partial charge in [-0.1, -0.05) is 13.8 Å². The van der Waals surface area contributed by atoms with E-state index in [1.54, 1.807) is 0 Å². The van der Waals surface area contributed by atoms with Gasteiger partial charge in [-0.3, -0.25) is 4.79 Å². The summed E-state index contributed by atoms with van der Waals surface area (Å²) in [4.78, 5) is 13.9. The summed E-state index contributed by atoms with van der Waals surface area (Å²) in [6, 6.07) is 0. The maximum absolute atomic E-state index is 11.9. The Morgan fingerprint density at radius 3 is 2.53 bits per heavy atom. The van der Waals surface area contributed by atoms with Gasteiger partial charge in [0, 0.05) is 19.5 Å². The van der Waals surface area contributed by atoms with Crippen molar-refractivity contribution < 1.29 is 4.79 Å². The van der Waals surface area contributed by atoms with Gasteiger partial charge in [-0.05, 0) is 36.6 Å². The summed E-state index contributed by atoms with van der Waals surface area (Å²) in [5.41, 5.74) is 6.19. The topological polar surface area (TPSA) is 46.3 Å². The minimum atomic E-state index is 0.0592. The van der Waals surface area contributed by atoms with E-state index >= 15 is 0 Å². The summed E-state index contributed by atoms with van der Waals surface area (Å²) in [5, 5.41) is 0. The number of piperidine rings is 1. The van der Waals surface area contributed by atoms with E-state index in [0.29, 0.717) is 17.9 Å². The second kappa shape index (κ2) is 3.48. The van der Waals surface area contributed by atoms with Crippen LogP contribution in [0.15, 0.2) is 0 Å². The third-order valence-corrected chi connectivity index (χ3v) is 3.92. The van der Waals surface area contributed by atoms with Gasteiger partial charge in [0.25, 0.3) is 0 Å². The van der Waals surface area contributed by atoms with Crippen molar-refractivity contribution in [2.24, 2.45) is 16.6 Å². The van der Waals surface area contributed by atoms with Gasteiger partial charge >= 0.3 is 0 Å². The number of nitrogens with two attached hydrogens (primary N) is 1. The molecule has 0 aromatic carbocycles. The lowest BCUT2D eigenvalue weighted by atomic mass is 9.88. The van der Waals surface area contributed by atoms with Crippen LogP contribution in [0.1, 0.15) is 39.5 Å². The van der Waals surface area contributed by atoms with Gasteiger partial charge in [-0.2, -0.15) is 0 Å². The van der Waals surface area contributed by atoms with Crippen LogP contribution in [0, 0.1) is 10.8 Å². The number of carbonyl (C=O) groups excluding carboxylic acids is 1. The molecule has 0 radical (unpaired) electrons. The molecule has 1 saturated heterocycles. The van der Waals surface area contributed by atoms with Gasteiger partial charge in [0.05, 0.1) is 0 Å². The fourth-order valence-electron chi connectivity index (χ4n) is 2.37. The highest BCUT2D eigenvalue weighted by molar-refractivity contribution is 5.78. The van der Waals surface area contributed by atoms with Gasteiger partial charge in [0.15, 0.2) is 0 Å². The highest BCUT2D eigenvalue weighted by Crippen LogP contribution is 2.54. The molecular formula is C12H22N2O. The Labute approximate surface area is 92.0 Å². The van der Waals surface area contributed by atoms with Crippen molar-refractivity contribution in [1.29, 1.82) is 0 Å². The molecule has 15 heavy (non-hydrogen) atoms. The molecule has 3 nitrogen and oxygen atoms in total. The maximum Gasteiger partial charge on any atom is 0.223 e. The normalized spacial score (nSPS) is 24.7. The first-order valence-corrected chi connectivity index (χ1v) is 5.94. The summed E-state index contributed by atoms with van der Waals surface area (Å²) in [5.74, 6) is 0.347. The Kier molecular flexibility index (Phi) is 2.53. The Morgan fingerprint density at radius 1 is 1.40 bits per heavy atom. The van der Waals surface area contributed by atoms with Gasteiger partial charge in [0.2, 0.25) is 5.91 Å². The van der Waals surface area contributed by atoms with Crippen LogP contribution in [0.25, 0.3) is 0 Å². The molecule has 0 atom stereocenters. The third-order valence-electron chi connectivity index (χ3n) is 3.92. The van der Waals surface area contributed by atoms with Gasteiger partial charge in [0.1, 0.15) is 0 Å². The van der Waals surface area contributed by atoms with E-state index in [2.05, 4.69) is 13.8 Å². The molecule has 1 aliphatic carbocycles. The highest BCUT2D eigenvalue weighted by atomic mass is 16.2. The zero-order valence-corrected chi connectivity index (χ0v) is 9.88. The molecule has 1 heterocycles. The average Bonchev–Trinajstić information content (AvgIpc) is 2.91. The molecule has 2 N–H and O–H groups in total. The molecule has 1 saturated carbocycles. The second-order valence-corrected chi connectivity index (χ2v) is 6.11. The molecule has 0 aromatic heterocycles. The van der Waals surface area contributed by atoms with Crippen LogP contribution in [-0.2, 0) is 4.79 Å². The first-order chi connectivity index (χ1) is 6.96. The van der Waals surface area contributed by atoms with Crippen LogP contribution in [0.5, 0.6) is 0 Å². The minimum absolute atomic E-state index is 0.0592. The molecule has 2 aliphatic rings. The number of hydrogen-bond acceptors (Lipinski definition) is 2. The van der Waals surface area contributed by atoms with E-state index in [-0.39, 0.29) is 5.41 Å². The summed E-state index contributed by atoms with van der Waals surface area (Å²) in [6.45, 7) is 6.66. The van der Waals surface area contributed by atoms with E-state index < -0.39 is 0 Å². The summed E-state index contributed by atoms with van der Waals surface area (Å²) in [6.07, 6.45) is 4.53. The SMILES string of the molecule is CC(C)(CN)CN1CCC2(CC2)CC1=O. The number of carbonyl (C=O) groups is 1. The minimum Gasteiger partial charge on any atom is -0.342 e. The molecule has 0 unspecified atom stereocenters. The predicted octanol–water partition coefficient (Wildman–Crippen LogP) is 1.37. The average molecular weight is 210 g/mol. The standard InChI is InChI=1S/C12H22N2O/c1-11(2,8-13)9-14-6-5-12(3-4-12)7-10(14)15/h3-9,13H2,1-2H3. The summed E-state index contributed by atoms with van der Waals surface area (Å²) >= 11 is 0. The smallest absolute Gasteiger partial charge is 0.223 e. The molecule has 2 rings (SSSR count). The van der Waals surface area contributed by atoms with Crippen molar-refractivity contribution in [3.05, 3.63) is 0 Å². The van der Waals surface area contributed by atoms with Gasteiger partial charge in [-0.15, -0.1) is 0 Å². The first-order valence-electron chi connectivity index (χ1n) is 5.94. The van der Waals surface area contributed by atoms with Crippen molar-refractivity contribution >= 4 is 5.91 Å². The maximum atomic E-state index is 11.9. The number of amides is 1. The zero-order valence-electron chi connectivity index (χ0n) is 9.88. The Balaban J connectivity index is 1.91. The second-order valence-electron chi connectivity index (χ2n) is 6.11. The lowest BCUT2D eigenvalue weighted by molar-refractivity contribution is -0.137. The lowest BCUT2D eigenvalue weighted by Crippen LogP contribution is -2.46. The van der Waals surface area contributed by atoms with Crippen molar-refractivity contribution in [3.8, 4) is 0 Å². The Hall–Kier alpha value is -0.570. The monoisotopic (exact) mass is 210 g/mol. The summed E-state index contributed by atoms with van der Waals surface area (Å²) in [7, 11) is 0. The van der Waals surface area contributed by atoms with Crippen LogP contribution in [0.4, 0.5) is 0 Å². The van der Waals surface area contributed by atoms with Crippen LogP contribution in [0.3, 0.4) is 0 Å². The van der Waals surface area contributed by atoms with E-state index in [0.717, 1.165) is 19.5 Å². The molecule has 3 heteroatoms. The van der Waals surface area contributed by atoms with Crippen molar-refractivity contribution in [2.75, 3.05) is 19.6 Å². The molecule has 0 aromatic rings. The van der Waals surface area contributed by atoms with Crippen LogP contribution < -0.4 is 5.73 Å². The fraction of sp³-hybridized carbons (Fsp3) is 0.917. The fourth-order valence-corrected chi connectivity index (χ4v) is 2.37. The quantitative estimate of drug-likeness (QED) is 0.765. The van der Waals surface area contributed by atoms with E-state index in [1.807, 2.05) is 4.90 Å². The lowest BCUT2D eigenvalue weighted by Gasteiger charge is -2.37. The van der Waals surface area contributed by atoms with E-state index in [9.17, 15) is 4.79 Å². The highest BCUT2D eigenvalue weighted by Gasteiger charge is 2.48. The molecule has 0 bridgehead atoms. The van der Waals surface area contributed by atoms with E-state index in [4.69, 9.17) is 5.73 Å². The number of rotatable bonds is 3. The first kappa shape index (κ1) is 10.9. The van der Waals surface area contributed by atoms with Crippen molar-refractivity contribution in [1.82, 2.24) is 4.90 Å². The Bertz CT molecular complexity index is 269. The number of hydrogen-bond donors (Lipinski definition) is 1. The third kappa shape index (κ3) is 2.33. The molecule has 2 fully saturated rings. The van der Waals surface area contributed by atoms with Crippen LogP contribution in [-0.4, -0.2) is 30.4 Å². The molecule has 1 spiro atoms. The van der Waals surface area contributed by atoms with Gasteiger partial charge in [-0.25, -0.2) is 0 Å². The van der Waals surface area contributed by atoms with E-state index in [1.165, 1.54) is 19.3 Å².